The highest BCUT2D eigenvalue weighted by molar-refractivity contribution is 9.10. The number of hydrogen-bond acceptors (Lipinski definition) is 3. The summed E-state index contributed by atoms with van der Waals surface area (Å²) in [5, 5.41) is 11.8. The van der Waals surface area contributed by atoms with E-state index in [1.807, 2.05) is 0 Å². The average molecular weight is 369 g/mol. The SMILES string of the molecule is CC(C)(C)OC(=O)NC(CO)c1cc(F)c(Cl)cc1Br. The van der Waals surface area contributed by atoms with Crippen LogP contribution in [-0.2, 0) is 4.74 Å². The summed E-state index contributed by atoms with van der Waals surface area (Å²) in [6.45, 7) is 4.76. The molecule has 1 amide bonds. The lowest BCUT2D eigenvalue weighted by Gasteiger charge is -2.23. The molecule has 20 heavy (non-hydrogen) atoms. The molecule has 0 bridgehead atoms. The second-order valence-corrected chi connectivity index (χ2v) is 6.43. The molecule has 1 atom stereocenters. The molecular weight excluding hydrogens is 353 g/mol. The molecule has 0 aliphatic carbocycles. The second-order valence-electron chi connectivity index (χ2n) is 5.17. The lowest BCUT2D eigenvalue weighted by Crippen LogP contribution is -2.36. The van der Waals surface area contributed by atoms with Gasteiger partial charge in [0.15, 0.2) is 0 Å². The number of hydrogen-bond donors (Lipinski definition) is 2. The number of halogens is 3. The number of nitrogens with one attached hydrogen (secondary N) is 1. The van der Waals surface area contributed by atoms with Crippen molar-refractivity contribution in [3.05, 3.63) is 33.0 Å². The van der Waals surface area contributed by atoms with Gasteiger partial charge in [0.1, 0.15) is 11.4 Å². The predicted octanol–water partition coefficient (Wildman–Crippen LogP) is 3.80. The number of alkyl carbamates (subject to hydrolysis) is 1. The molecule has 0 spiro atoms. The highest BCUT2D eigenvalue weighted by atomic mass is 79.9. The van der Waals surface area contributed by atoms with Crippen LogP contribution in [0.3, 0.4) is 0 Å². The third-order valence-corrected chi connectivity index (χ3v) is 3.26. The molecule has 0 aromatic heterocycles. The summed E-state index contributed by atoms with van der Waals surface area (Å²) in [4.78, 5) is 11.7. The van der Waals surface area contributed by atoms with E-state index in [-0.39, 0.29) is 5.02 Å². The van der Waals surface area contributed by atoms with Crippen LogP contribution in [0.1, 0.15) is 32.4 Å². The van der Waals surface area contributed by atoms with Gasteiger partial charge in [0.25, 0.3) is 0 Å². The number of carbonyl (C=O) groups excluding carboxylic acids is 1. The van der Waals surface area contributed by atoms with Crippen molar-refractivity contribution >= 4 is 33.6 Å². The molecule has 1 aromatic carbocycles. The zero-order chi connectivity index (χ0) is 15.5. The summed E-state index contributed by atoms with van der Waals surface area (Å²) < 4.78 is 19.1. The van der Waals surface area contributed by atoms with Crippen molar-refractivity contribution in [3.63, 3.8) is 0 Å². The minimum absolute atomic E-state index is 0.0467. The van der Waals surface area contributed by atoms with E-state index >= 15 is 0 Å². The minimum atomic E-state index is -0.800. The van der Waals surface area contributed by atoms with Crippen LogP contribution < -0.4 is 5.32 Å². The van der Waals surface area contributed by atoms with Gasteiger partial charge in [0.2, 0.25) is 0 Å². The Morgan fingerprint density at radius 3 is 2.65 bits per heavy atom. The highest BCUT2D eigenvalue weighted by Gasteiger charge is 2.22. The van der Waals surface area contributed by atoms with Crippen LogP contribution in [0.25, 0.3) is 0 Å². The molecule has 112 valence electrons. The van der Waals surface area contributed by atoms with Crippen LogP contribution in [0.2, 0.25) is 5.02 Å². The molecule has 1 aromatic rings. The molecule has 4 nitrogen and oxygen atoms in total. The fourth-order valence-electron chi connectivity index (χ4n) is 1.48. The van der Waals surface area contributed by atoms with Crippen molar-refractivity contribution in [1.29, 1.82) is 0 Å². The van der Waals surface area contributed by atoms with Crippen molar-refractivity contribution in [1.82, 2.24) is 5.32 Å². The molecule has 7 heteroatoms. The summed E-state index contributed by atoms with van der Waals surface area (Å²) in [5.41, 5.74) is -0.285. The molecular formula is C13H16BrClFNO3. The van der Waals surface area contributed by atoms with E-state index in [9.17, 15) is 14.3 Å². The monoisotopic (exact) mass is 367 g/mol. The van der Waals surface area contributed by atoms with Gasteiger partial charge in [0, 0.05) is 4.47 Å². The van der Waals surface area contributed by atoms with Crippen LogP contribution >= 0.6 is 27.5 Å². The topological polar surface area (TPSA) is 58.6 Å². The molecule has 1 rings (SSSR count). The number of amides is 1. The van der Waals surface area contributed by atoms with Crippen molar-refractivity contribution in [2.24, 2.45) is 0 Å². The van der Waals surface area contributed by atoms with Crippen molar-refractivity contribution in [2.75, 3.05) is 6.61 Å². The molecule has 0 fully saturated rings. The van der Waals surface area contributed by atoms with Crippen LogP contribution in [0.15, 0.2) is 16.6 Å². The summed E-state index contributed by atoms with van der Waals surface area (Å²) in [6.07, 6.45) is -0.696. The van der Waals surface area contributed by atoms with Gasteiger partial charge < -0.3 is 15.2 Å². The first kappa shape index (κ1) is 17.2. The normalized spacial score (nSPS) is 12.9. The van der Waals surface area contributed by atoms with Gasteiger partial charge in [-0.15, -0.1) is 0 Å². The quantitative estimate of drug-likeness (QED) is 0.798. The van der Waals surface area contributed by atoms with E-state index in [1.165, 1.54) is 6.07 Å². The molecule has 0 aliphatic rings. The van der Waals surface area contributed by atoms with Crippen LogP contribution in [0.5, 0.6) is 0 Å². The van der Waals surface area contributed by atoms with Crippen molar-refractivity contribution in [2.45, 2.75) is 32.4 Å². The van der Waals surface area contributed by atoms with Gasteiger partial charge in [-0.3, -0.25) is 0 Å². The second kappa shape index (κ2) is 6.74. The smallest absolute Gasteiger partial charge is 0.408 e. The van der Waals surface area contributed by atoms with Gasteiger partial charge in [-0.05, 0) is 38.5 Å². The highest BCUT2D eigenvalue weighted by Crippen LogP contribution is 2.29. The lowest BCUT2D eigenvalue weighted by atomic mass is 10.1. The number of benzene rings is 1. The van der Waals surface area contributed by atoms with E-state index in [0.717, 1.165) is 6.07 Å². The van der Waals surface area contributed by atoms with E-state index in [0.29, 0.717) is 10.0 Å². The number of aliphatic hydroxyl groups excluding tert-OH is 1. The van der Waals surface area contributed by atoms with Crippen LogP contribution in [0, 0.1) is 5.82 Å². The number of rotatable bonds is 3. The van der Waals surface area contributed by atoms with Gasteiger partial charge in [0.05, 0.1) is 17.7 Å². The van der Waals surface area contributed by atoms with E-state index in [2.05, 4.69) is 21.2 Å². The predicted molar refractivity (Wildman–Crippen MR) is 78.3 cm³/mol. The molecule has 0 heterocycles. The maximum absolute atomic E-state index is 13.5. The molecule has 2 N–H and O–H groups in total. The van der Waals surface area contributed by atoms with Gasteiger partial charge in [-0.1, -0.05) is 27.5 Å². The zero-order valence-electron chi connectivity index (χ0n) is 11.3. The molecule has 0 aliphatic heterocycles. The largest absolute Gasteiger partial charge is 0.444 e. The summed E-state index contributed by atoms with van der Waals surface area (Å²) in [5.74, 6) is -0.630. The number of carbonyl (C=O) groups is 1. The summed E-state index contributed by atoms with van der Waals surface area (Å²) >= 11 is 8.87. The fraction of sp³-hybridized carbons (Fsp3) is 0.462. The van der Waals surface area contributed by atoms with Gasteiger partial charge in [-0.2, -0.15) is 0 Å². The van der Waals surface area contributed by atoms with E-state index in [4.69, 9.17) is 16.3 Å². The maximum Gasteiger partial charge on any atom is 0.408 e. The third-order valence-electron chi connectivity index (χ3n) is 2.29. The Balaban J connectivity index is 2.92. The first-order valence-corrected chi connectivity index (χ1v) is 7.06. The number of ether oxygens (including phenoxy) is 1. The Morgan fingerprint density at radius 1 is 1.55 bits per heavy atom. The Hall–Kier alpha value is -0.850. The van der Waals surface area contributed by atoms with Crippen molar-refractivity contribution < 1.29 is 19.0 Å². The third kappa shape index (κ3) is 4.92. The Labute approximate surface area is 130 Å². The number of aliphatic hydroxyl groups is 1. The average Bonchev–Trinajstić information content (AvgIpc) is 2.29. The fourth-order valence-corrected chi connectivity index (χ4v) is 2.39. The molecule has 0 saturated heterocycles. The van der Waals surface area contributed by atoms with Crippen LogP contribution in [-0.4, -0.2) is 23.4 Å². The first-order valence-electron chi connectivity index (χ1n) is 5.89. The Bertz CT molecular complexity index is 505. The molecule has 0 saturated carbocycles. The van der Waals surface area contributed by atoms with E-state index < -0.39 is 30.2 Å². The molecule has 1 unspecified atom stereocenters. The molecule has 0 radical (unpaired) electrons. The minimum Gasteiger partial charge on any atom is -0.444 e. The van der Waals surface area contributed by atoms with Gasteiger partial charge in [-0.25, -0.2) is 9.18 Å². The standard InChI is InChI=1S/C13H16BrClFNO3/c1-13(2,3)20-12(19)17-11(6-18)7-4-10(16)9(15)5-8(7)14/h4-5,11,18H,6H2,1-3H3,(H,17,19). The Morgan fingerprint density at radius 2 is 2.15 bits per heavy atom. The Kier molecular flexibility index (Phi) is 5.79. The summed E-state index contributed by atoms with van der Waals surface area (Å²) in [7, 11) is 0. The maximum atomic E-state index is 13.5. The zero-order valence-corrected chi connectivity index (χ0v) is 13.7. The van der Waals surface area contributed by atoms with Crippen molar-refractivity contribution in [3.8, 4) is 0 Å². The summed E-state index contributed by atoms with van der Waals surface area (Å²) in [6, 6.07) is 1.72. The van der Waals surface area contributed by atoms with Crippen LogP contribution in [0.4, 0.5) is 9.18 Å². The van der Waals surface area contributed by atoms with E-state index in [1.54, 1.807) is 20.8 Å². The first-order chi connectivity index (χ1) is 9.14. The van der Waals surface area contributed by atoms with Gasteiger partial charge >= 0.3 is 6.09 Å². The lowest BCUT2D eigenvalue weighted by molar-refractivity contribution is 0.0481.